The summed E-state index contributed by atoms with van der Waals surface area (Å²) >= 11 is 0.644. The van der Waals surface area contributed by atoms with E-state index in [9.17, 15) is 19.7 Å². The summed E-state index contributed by atoms with van der Waals surface area (Å²) < 4.78 is 0. The van der Waals surface area contributed by atoms with Crippen LogP contribution < -0.4 is 0 Å². The molecule has 1 N–H and O–H groups in total. The Labute approximate surface area is 94.4 Å². The number of thioether (sulfide) groups is 1. The first-order chi connectivity index (χ1) is 7.50. The van der Waals surface area contributed by atoms with Gasteiger partial charge in [0, 0.05) is 17.7 Å². The maximum absolute atomic E-state index is 11.4. The lowest BCUT2D eigenvalue weighted by atomic mass is 10.2. The molecule has 0 unspecified atom stereocenters. The molecule has 1 rings (SSSR count). The first-order valence-corrected chi connectivity index (χ1v) is 5.12. The first-order valence-electron chi connectivity index (χ1n) is 4.14. The topological polar surface area (TPSA) is 97.5 Å². The number of aliphatic carboxylic acids is 1. The van der Waals surface area contributed by atoms with Gasteiger partial charge >= 0.3 is 5.97 Å². The SMILES string of the molecule is O=C(O)CSC(=O)c1ccc([N+](=O)[O-])cc1. The molecule has 0 aromatic heterocycles. The summed E-state index contributed by atoms with van der Waals surface area (Å²) in [6, 6.07) is 5.01. The van der Waals surface area contributed by atoms with Crippen LogP contribution in [0.25, 0.3) is 0 Å². The third-order valence-electron chi connectivity index (χ3n) is 1.64. The third-order valence-corrected chi connectivity index (χ3v) is 2.53. The van der Waals surface area contributed by atoms with Gasteiger partial charge < -0.3 is 5.11 Å². The van der Waals surface area contributed by atoms with Crippen molar-refractivity contribution < 1.29 is 19.6 Å². The van der Waals surface area contributed by atoms with Crippen molar-refractivity contribution in [2.75, 3.05) is 5.75 Å². The van der Waals surface area contributed by atoms with Crippen molar-refractivity contribution in [3.63, 3.8) is 0 Å². The quantitative estimate of drug-likeness (QED) is 0.634. The first kappa shape index (κ1) is 12.2. The predicted octanol–water partition coefficient (Wildman–Crippen LogP) is 1.55. The summed E-state index contributed by atoms with van der Waals surface area (Å²) in [6.07, 6.45) is 0. The molecule has 0 radical (unpaired) electrons. The minimum absolute atomic E-state index is 0.111. The zero-order valence-corrected chi connectivity index (χ0v) is 8.77. The van der Waals surface area contributed by atoms with Gasteiger partial charge in [-0.15, -0.1) is 0 Å². The molecule has 16 heavy (non-hydrogen) atoms. The van der Waals surface area contributed by atoms with Gasteiger partial charge in [-0.3, -0.25) is 19.7 Å². The van der Waals surface area contributed by atoms with Gasteiger partial charge in [-0.05, 0) is 12.1 Å². The number of carbonyl (C=O) groups is 2. The van der Waals surface area contributed by atoms with Gasteiger partial charge in [-0.2, -0.15) is 0 Å². The number of benzene rings is 1. The fourth-order valence-electron chi connectivity index (χ4n) is 0.930. The molecule has 0 amide bonds. The molecule has 0 aliphatic heterocycles. The molecular weight excluding hydrogens is 234 g/mol. The Morgan fingerprint density at radius 2 is 1.88 bits per heavy atom. The number of non-ortho nitro benzene ring substituents is 1. The van der Waals surface area contributed by atoms with E-state index < -0.39 is 16.0 Å². The van der Waals surface area contributed by atoms with E-state index in [1.54, 1.807) is 0 Å². The number of rotatable bonds is 4. The van der Waals surface area contributed by atoms with Gasteiger partial charge in [0.25, 0.3) is 5.69 Å². The molecule has 1 aromatic carbocycles. The summed E-state index contributed by atoms with van der Waals surface area (Å²) in [5.74, 6) is -1.41. The maximum Gasteiger partial charge on any atom is 0.313 e. The Morgan fingerprint density at radius 1 is 1.31 bits per heavy atom. The smallest absolute Gasteiger partial charge is 0.313 e. The molecule has 0 heterocycles. The van der Waals surface area contributed by atoms with E-state index in [0.29, 0.717) is 11.8 Å². The van der Waals surface area contributed by atoms with E-state index in [1.807, 2.05) is 0 Å². The lowest BCUT2D eigenvalue weighted by Crippen LogP contribution is -2.03. The van der Waals surface area contributed by atoms with Gasteiger partial charge in [0.05, 0.1) is 10.7 Å². The van der Waals surface area contributed by atoms with E-state index in [0.717, 1.165) is 0 Å². The van der Waals surface area contributed by atoms with Crippen molar-refractivity contribution in [2.24, 2.45) is 0 Å². The van der Waals surface area contributed by atoms with Gasteiger partial charge in [0.2, 0.25) is 5.12 Å². The van der Waals surface area contributed by atoms with Crippen molar-refractivity contribution in [1.29, 1.82) is 0 Å². The van der Waals surface area contributed by atoms with Crippen molar-refractivity contribution in [1.82, 2.24) is 0 Å². The molecule has 0 bridgehead atoms. The highest BCUT2D eigenvalue weighted by Crippen LogP contribution is 2.16. The lowest BCUT2D eigenvalue weighted by Gasteiger charge is -1.98. The van der Waals surface area contributed by atoms with Crippen molar-refractivity contribution in [2.45, 2.75) is 0 Å². The van der Waals surface area contributed by atoms with Crippen molar-refractivity contribution in [3.8, 4) is 0 Å². The van der Waals surface area contributed by atoms with Crippen LogP contribution in [0.4, 0.5) is 5.69 Å². The number of nitro groups is 1. The number of carboxylic acid groups (broad SMARTS) is 1. The normalized spacial score (nSPS) is 9.75. The van der Waals surface area contributed by atoms with Crippen LogP contribution in [-0.4, -0.2) is 26.9 Å². The van der Waals surface area contributed by atoms with E-state index >= 15 is 0 Å². The third kappa shape index (κ3) is 3.35. The summed E-state index contributed by atoms with van der Waals surface area (Å²) in [6.45, 7) is 0. The highest BCUT2D eigenvalue weighted by atomic mass is 32.2. The molecule has 0 saturated carbocycles. The van der Waals surface area contributed by atoms with Gasteiger partial charge in [-0.25, -0.2) is 0 Å². The largest absolute Gasteiger partial charge is 0.481 e. The fourth-order valence-corrected chi connectivity index (χ4v) is 1.49. The Balaban J connectivity index is 2.70. The molecule has 0 atom stereocenters. The number of nitro benzene ring substituents is 1. The van der Waals surface area contributed by atoms with Crippen LogP contribution in [0.2, 0.25) is 0 Å². The second kappa shape index (κ2) is 5.26. The molecule has 0 aliphatic carbocycles. The standard InChI is InChI=1S/C9H7NO5S/c11-8(12)5-16-9(13)6-1-3-7(4-2-6)10(14)15/h1-4H,5H2,(H,11,12). The molecule has 7 heteroatoms. The average Bonchev–Trinajstić information content (AvgIpc) is 2.26. The van der Waals surface area contributed by atoms with Crippen molar-refractivity contribution in [3.05, 3.63) is 39.9 Å². The minimum atomic E-state index is -1.08. The van der Waals surface area contributed by atoms with E-state index in [2.05, 4.69) is 0 Å². The van der Waals surface area contributed by atoms with Gasteiger partial charge in [0.15, 0.2) is 0 Å². The van der Waals surface area contributed by atoms with Gasteiger partial charge in [0.1, 0.15) is 0 Å². The molecule has 84 valence electrons. The maximum atomic E-state index is 11.4. The summed E-state index contributed by atoms with van der Waals surface area (Å²) in [4.78, 5) is 31.3. The summed E-state index contributed by atoms with van der Waals surface area (Å²) in [7, 11) is 0. The van der Waals surface area contributed by atoms with E-state index in [1.165, 1.54) is 24.3 Å². The molecule has 0 spiro atoms. The zero-order valence-electron chi connectivity index (χ0n) is 7.95. The zero-order chi connectivity index (χ0) is 12.1. The second-order valence-electron chi connectivity index (χ2n) is 2.77. The molecule has 0 fully saturated rings. The second-order valence-corrected chi connectivity index (χ2v) is 3.72. The number of hydrogen-bond donors (Lipinski definition) is 1. The highest BCUT2D eigenvalue weighted by Gasteiger charge is 2.11. The van der Waals surface area contributed by atoms with Crippen LogP contribution >= 0.6 is 11.8 Å². The summed E-state index contributed by atoms with van der Waals surface area (Å²) in [5, 5.41) is 18.3. The molecule has 1 aromatic rings. The number of hydrogen-bond acceptors (Lipinski definition) is 5. The van der Waals surface area contributed by atoms with Crippen LogP contribution in [0.3, 0.4) is 0 Å². The van der Waals surface area contributed by atoms with Crippen molar-refractivity contribution >= 4 is 28.5 Å². The fraction of sp³-hybridized carbons (Fsp3) is 0.111. The van der Waals surface area contributed by atoms with Crippen LogP contribution in [0.15, 0.2) is 24.3 Å². The molecule has 6 nitrogen and oxygen atoms in total. The number of nitrogens with zero attached hydrogens (tertiary/aromatic N) is 1. The minimum Gasteiger partial charge on any atom is -0.481 e. The highest BCUT2D eigenvalue weighted by molar-refractivity contribution is 8.14. The van der Waals surface area contributed by atoms with E-state index in [-0.39, 0.29) is 17.0 Å². The van der Waals surface area contributed by atoms with Crippen LogP contribution in [0.1, 0.15) is 10.4 Å². The van der Waals surface area contributed by atoms with E-state index in [4.69, 9.17) is 5.11 Å². The van der Waals surface area contributed by atoms with Crippen LogP contribution in [0, 0.1) is 10.1 Å². The Kier molecular flexibility index (Phi) is 4.01. The Morgan fingerprint density at radius 3 is 2.31 bits per heavy atom. The molecule has 0 saturated heterocycles. The predicted molar refractivity (Wildman–Crippen MR) is 57.5 cm³/mol. The average molecular weight is 241 g/mol. The summed E-state index contributed by atoms with van der Waals surface area (Å²) in [5.41, 5.74) is 0.136. The van der Waals surface area contributed by atoms with Crippen LogP contribution in [0.5, 0.6) is 0 Å². The molecular formula is C9H7NO5S. The Bertz CT molecular complexity index is 428. The lowest BCUT2D eigenvalue weighted by molar-refractivity contribution is -0.384. The molecule has 0 aliphatic rings. The van der Waals surface area contributed by atoms with Crippen LogP contribution in [-0.2, 0) is 4.79 Å². The number of carboxylic acids is 1. The van der Waals surface area contributed by atoms with Gasteiger partial charge in [-0.1, -0.05) is 11.8 Å². The monoisotopic (exact) mass is 241 g/mol. The Hall–Kier alpha value is -1.89. The number of carbonyl (C=O) groups excluding carboxylic acids is 1.